The SMILES string of the molecule is CC(C)(C)Nc1c(-c2cccc(OC(=O)c3ccccc3Cl)c2)nc2ccc(Br)cn12. The maximum absolute atomic E-state index is 12.6. The van der Waals surface area contributed by atoms with Gasteiger partial charge < -0.3 is 10.1 Å². The van der Waals surface area contributed by atoms with Gasteiger partial charge in [0, 0.05) is 21.8 Å². The number of esters is 1. The number of fused-ring (bicyclic) bond motifs is 1. The predicted molar refractivity (Wildman–Crippen MR) is 128 cm³/mol. The number of aromatic nitrogens is 2. The Kier molecular flexibility index (Phi) is 5.77. The third-order valence-electron chi connectivity index (χ3n) is 4.49. The number of anilines is 1. The van der Waals surface area contributed by atoms with E-state index < -0.39 is 5.97 Å². The van der Waals surface area contributed by atoms with Gasteiger partial charge in [0.1, 0.15) is 22.9 Å². The normalized spacial score (nSPS) is 11.5. The molecule has 31 heavy (non-hydrogen) atoms. The molecule has 0 spiro atoms. The Hall–Kier alpha value is -2.83. The van der Waals surface area contributed by atoms with Crippen LogP contribution in [0.15, 0.2) is 71.3 Å². The van der Waals surface area contributed by atoms with Crippen molar-refractivity contribution >= 4 is 45.0 Å². The first-order valence-corrected chi connectivity index (χ1v) is 10.9. The number of rotatable bonds is 4. The Morgan fingerprint density at radius 1 is 1.10 bits per heavy atom. The van der Waals surface area contributed by atoms with E-state index in [9.17, 15) is 4.79 Å². The number of pyridine rings is 1. The number of imidazole rings is 1. The van der Waals surface area contributed by atoms with Crippen molar-refractivity contribution in [3.63, 3.8) is 0 Å². The van der Waals surface area contributed by atoms with Crippen LogP contribution >= 0.6 is 27.5 Å². The number of carbonyl (C=O) groups is 1. The Bertz CT molecular complexity index is 1280. The van der Waals surface area contributed by atoms with Crippen LogP contribution in [0.3, 0.4) is 0 Å². The molecule has 0 aliphatic rings. The fourth-order valence-electron chi connectivity index (χ4n) is 3.19. The standard InChI is InChI=1S/C24H21BrClN3O2/c1-24(2,3)28-22-21(27-20-12-11-16(25)14-29(20)22)15-7-6-8-17(13-15)31-23(30)18-9-4-5-10-19(18)26/h4-14,28H,1-3H3. The third kappa shape index (κ3) is 4.75. The lowest BCUT2D eigenvalue weighted by atomic mass is 10.1. The first kappa shape index (κ1) is 21.4. The van der Waals surface area contributed by atoms with Crippen LogP contribution in [0.1, 0.15) is 31.1 Å². The van der Waals surface area contributed by atoms with Crippen LogP contribution in [0.25, 0.3) is 16.9 Å². The maximum Gasteiger partial charge on any atom is 0.345 e. The van der Waals surface area contributed by atoms with Crippen LogP contribution in [-0.4, -0.2) is 20.9 Å². The fourth-order valence-corrected chi connectivity index (χ4v) is 3.74. The molecule has 2 aromatic heterocycles. The van der Waals surface area contributed by atoms with E-state index in [4.69, 9.17) is 21.3 Å². The molecule has 0 saturated heterocycles. The molecule has 1 N–H and O–H groups in total. The van der Waals surface area contributed by atoms with Crippen molar-refractivity contribution in [1.82, 2.24) is 9.38 Å². The van der Waals surface area contributed by atoms with Crippen molar-refractivity contribution in [2.45, 2.75) is 26.3 Å². The Balaban J connectivity index is 1.74. The van der Waals surface area contributed by atoms with E-state index in [0.29, 0.717) is 16.3 Å². The van der Waals surface area contributed by atoms with Gasteiger partial charge in [0.05, 0.1) is 10.6 Å². The number of nitrogens with one attached hydrogen (secondary N) is 1. The van der Waals surface area contributed by atoms with Gasteiger partial charge in [-0.05, 0) is 73.1 Å². The monoisotopic (exact) mass is 497 g/mol. The molecular weight excluding hydrogens is 478 g/mol. The number of nitrogens with zero attached hydrogens (tertiary/aromatic N) is 2. The second-order valence-electron chi connectivity index (χ2n) is 8.16. The van der Waals surface area contributed by atoms with Crippen molar-refractivity contribution in [3.05, 3.63) is 81.9 Å². The summed E-state index contributed by atoms with van der Waals surface area (Å²) in [7, 11) is 0. The molecule has 4 rings (SSSR count). The van der Waals surface area contributed by atoms with Crippen molar-refractivity contribution in [3.8, 4) is 17.0 Å². The van der Waals surface area contributed by atoms with Gasteiger partial charge in [-0.1, -0.05) is 35.9 Å². The summed E-state index contributed by atoms with van der Waals surface area (Å²) in [6, 6.07) is 18.0. The molecule has 0 atom stereocenters. The van der Waals surface area contributed by atoms with Gasteiger partial charge in [-0.15, -0.1) is 0 Å². The fraction of sp³-hybridized carbons (Fsp3) is 0.167. The van der Waals surface area contributed by atoms with Gasteiger partial charge in [0.25, 0.3) is 0 Å². The summed E-state index contributed by atoms with van der Waals surface area (Å²) in [6.45, 7) is 6.28. The maximum atomic E-state index is 12.6. The largest absolute Gasteiger partial charge is 0.423 e. The number of benzene rings is 2. The molecule has 0 amide bonds. The molecule has 7 heteroatoms. The molecule has 158 valence electrons. The van der Waals surface area contributed by atoms with Gasteiger partial charge in [0.15, 0.2) is 0 Å². The lowest BCUT2D eigenvalue weighted by Crippen LogP contribution is -2.27. The average molecular weight is 499 g/mol. The summed E-state index contributed by atoms with van der Waals surface area (Å²) in [5, 5.41) is 3.90. The summed E-state index contributed by atoms with van der Waals surface area (Å²) in [5.41, 5.74) is 2.55. The van der Waals surface area contributed by atoms with Crippen molar-refractivity contribution in [2.24, 2.45) is 0 Å². The third-order valence-corrected chi connectivity index (χ3v) is 5.29. The zero-order valence-electron chi connectivity index (χ0n) is 17.3. The molecule has 0 radical (unpaired) electrons. The lowest BCUT2D eigenvalue weighted by Gasteiger charge is -2.22. The van der Waals surface area contributed by atoms with Crippen molar-refractivity contribution < 1.29 is 9.53 Å². The average Bonchev–Trinajstić information content (AvgIpc) is 3.04. The molecule has 0 saturated carbocycles. The quantitative estimate of drug-likeness (QED) is 0.247. The van der Waals surface area contributed by atoms with E-state index in [1.165, 1.54) is 0 Å². The molecular formula is C24H21BrClN3O2. The van der Waals surface area contributed by atoms with Crippen molar-refractivity contribution in [1.29, 1.82) is 0 Å². The first-order valence-electron chi connectivity index (χ1n) is 9.74. The molecule has 4 aromatic rings. The number of ether oxygens (including phenoxy) is 1. The second-order valence-corrected chi connectivity index (χ2v) is 9.48. The van der Waals surface area contributed by atoms with Gasteiger partial charge in [0.2, 0.25) is 0 Å². The molecule has 2 heterocycles. The molecule has 0 bridgehead atoms. The smallest absolute Gasteiger partial charge is 0.345 e. The van der Waals surface area contributed by atoms with Crippen LogP contribution in [0.4, 0.5) is 5.82 Å². The van der Waals surface area contributed by atoms with Gasteiger partial charge >= 0.3 is 5.97 Å². The molecule has 5 nitrogen and oxygen atoms in total. The highest BCUT2D eigenvalue weighted by Crippen LogP contribution is 2.33. The van der Waals surface area contributed by atoms with Crippen LogP contribution in [0.2, 0.25) is 5.02 Å². The molecule has 0 aliphatic carbocycles. The molecule has 2 aromatic carbocycles. The van der Waals surface area contributed by atoms with E-state index in [-0.39, 0.29) is 5.54 Å². The molecule has 0 aliphatic heterocycles. The van der Waals surface area contributed by atoms with Gasteiger partial charge in [-0.25, -0.2) is 9.78 Å². The lowest BCUT2D eigenvalue weighted by molar-refractivity contribution is 0.0735. The van der Waals surface area contributed by atoms with E-state index in [1.54, 1.807) is 36.4 Å². The predicted octanol–water partition coefficient (Wildman–Crippen LogP) is 6.85. The number of hydrogen-bond donors (Lipinski definition) is 1. The minimum atomic E-state index is -0.505. The van der Waals surface area contributed by atoms with Crippen LogP contribution in [-0.2, 0) is 0 Å². The zero-order valence-corrected chi connectivity index (χ0v) is 19.7. The van der Waals surface area contributed by atoms with E-state index in [0.717, 1.165) is 27.2 Å². The summed E-state index contributed by atoms with van der Waals surface area (Å²) < 4.78 is 8.55. The summed E-state index contributed by atoms with van der Waals surface area (Å²) >= 11 is 9.66. The van der Waals surface area contributed by atoms with E-state index in [2.05, 4.69) is 42.0 Å². The summed E-state index contributed by atoms with van der Waals surface area (Å²) in [6.07, 6.45) is 1.97. The zero-order chi connectivity index (χ0) is 22.2. The minimum absolute atomic E-state index is 0.179. The van der Waals surface area contributed by atoms with Gasteiger partial charge in [-0.3, -0.25) is 4.40 Å². The second kappa shape index (κ2) is 8.36. The first-order chi connectivity index (χ1) is 14.7. The van der Waals surface area contributed by atoms with Gasteiger partial charge in [-0.2, -0.15) is 0 Å². The van der Waals surface area contributed by atoms with Crippen LogP contribution < -0.4 is 10.1 Å². The number of hydrogen-bond acceptors (Lipinski definition) is 4. The minimum Gasteiger partial charge on any atom is -0.423 e. The Morgan fingerprint density at radius 3 is 2.61 bits per heavy atom. The topological polar surface area (TPSA) is 55.6 Å². The van der Waals surface area contributed by atoms with E-state index >= 15 is 0 Å². The van der Waals surface area contributed by atoms with Crippen LogP contribution in [0, 0.1) is 0 Å². The number of halogens is 2. The highest BCUT2D eigenvalue weighted by atomic mass is 79.9. The van der Waals surface area contributed by atoms with Crippen LogP contribution in [0.5, 0.6) is 5.75 Å². The Morgan fingerprint density at radius 2 is 1.87 bits per heavy atom. The van der Waals surface area contributed by atoms with Crippen molar-refractivity contribution in [2.75, 3.05) is 5.32 Å². The Labute approximate surface area is 194 Å². The highest BCUT2D eigenvalue weighted by molar-refractivity contribution is 9.10. The molecule has 0 unspecified atom stereocenters. The highest BCUT2D eigenvalue weighted by Gasteiger charge is 2.20. The molecule has 0 fully saturated rings. The summed E-state index contributed by atoms with van der Waals surface area (Å²) in [5.74, 6) is 0.774. The van der Waals surface area contributed by atoms with E-state index in [1.807, 2.05) is 34.9 Å². The summed E-state index contributed by atoms with van der Waals surface area (Å²) in [4.78, 5) is 17.4. The number of carbonyl (C=O) groups excluding carboxylic acids is 1.